The summed E-state index contributed by atoms with van der Waals surface area (Å²) in [7, 11) is 0. The Morgan fingerprint density at radius 1 is 1.13 bits per heavy atom. The third-order valence-corrected chi connectivity index (χ3v) is 5.20. The highest BCUT2D eigenvalue weighted by Crippen LogP contribution is 2.30. The van der Waals surface area contributed by atoms with Crippen molar-refractivity contribution in [3.63, 3.8) is 0 Å². The molecule has 0 aliphatic heterocycles. The van der Waals surface area contributed by atoms with Crippen molar-refractivity contribution in [2.45, 2.75) is 31.7 Å². The number of nitrogens with one attached hydrogen (secondary N) is 1. The number of benzene rings is 2. The molecule has 1 N–H and O–H groups in total. The lowest BCUT2D eigenvalue weighted by Gasteiger charge is -2.13. The molecule has 0 spiro atoms. The Kier molecular flexibility index (Phi) is 5.47. The first-order valence-corrected chi connectivity index (χ1v) is 9.74. The quantitative estimate of drug-likeness (QED) is 0.377. The van der Waals surface area contributed by atoms with Crippen LogP contribution in [-0.4, -0.2) is 23.5 Å². The summed E-state index contributed by atoms with van der Waals surface area (Å²) in [6.45, 7) is -0.117. The van der Waals surface area contributed by atoms with Gasteiger partial charge >= 0.3 is 5.63 Å². The molecular weight excluding hydrogens is 388 g/mol. The number of rotatable bonds is 6. The highest BCUT2D eigenvalue weighted by Gasteiger charge is 2.17. The monoisotopic (exact) mass is 408 g/mol. The lowest BCUT2D eigenvalue weighted by Crippen LogP contribution is -2.36. The summed E-state index contributed by atoms with van der Waals surface area (Å²) in [5, 5.41) is 14.5. The van der Waals surface area contributed by atoms with Crippen LogP contribution in [0.2, 0.25) is 0 Å². The maximum atomic E-state index is 12.0. The summed E-state index contributed by atoms with van der Waals surface area (Å²) in [5.41, 5.74) is 0.985. The van der Waals surface area contributed by atoms with Crippen LogP contribution in [0.3, 0.4) is 0 Å². The molecule has 2 aromatic carbocycles. The zero-order valence-electron chi connectivity index (χ0n) is 16.1. The maximum Gasteiger partial charge on any atom is 0.336 e. The van der Waals surface area contributed by atoms with Crippen molar-refractivity contribution in [1.29, 1.82) is 0 Å². The Labute approximate surface area is 171 Å². The molecule has 1 aromatic heterocycles. The number of carbonyl (C=O) groups excluding carboxylic acids is 1. The van der Waals surface area contributed by atoms with Gasteiger partial charge in [-0.15, -0.1) is 0 Å². The molecular formula is C22H20N2O6. The highest BCUT2D eigenvalue weighted by atomic mass is 16.6. The van der Waals surface area contributed by atoms with Crippen LogP contribution < -0.4 is 15.7 Å². The number of hydrogen-bond donors (Lipinski definition) is 1. The number of ether oxygens (including phenoxy) is 1. The molecule has 1 aliphatic carbocycles. The molecule has 1 aliphatic rings. The summed E-state index contributed by atoms with van der Waals surface area (Å²) >= 11 is 0. The number of nitrogens with zero attached hydrogens (tertiary/aromatic N) is 1. The van der Waals surface area contributed by atoms with Gasteiger partial charge < -0.3 is 14.5 Å². The van der Waals surface area contributed by atoms with E-state index in [1.807, 2.05) is 0 Å². The fourth-order valence-corrected chi connectivity index (χ4v) is 3.72. The number of nitro benzene ring substituents is 1. The van der Waals surface area contributed by atoms with Crippen LogP contribution in [0, 0.1) is 10.1 Å². The van der Waals surface area contributed by atoms with Gasteiger partial charge in [0.1, 0.15) is 11.3 Å². The van der Waals surface area contributed by atoms with E-state index in [-0.39, 0.29) is 24.2 Å². The van der Waals surface area contributed by atoms with Crippen LogP contribution in [-0.2, 0) is 4.79 Å². The number of amides is 1. The van der Waals surface area contributed by atoms with E-state index < -0.39 is 10.5 Å². The van der Waals surface area contributed by atoms with Crippen molar-refractivity contribution in [3.8, 4) is 16.9 Å². The van der Waals surface area contributed by atoms with Gasteiger partial charge in [0.05, 0.1) is 4.92 Å². The first-order valence-electron chi connectivity index (χ1n) is 9.74. The molecule has 3 aromatic rings. The van der Waals surface area contributed by atoms with E-state index in [4.69, 9.17) is 9.15 Å². The smallest absolute Gasteiger partial charge is 0.336 e. The van der Waals surface area contributed by atoms with Gasteiger partial charge in [0, 0.05) is 35.7 Å². The van der Waals surface area contributed by atoms with Crippen molar-refractivity contribution in [2.24, 2.45) is 0 Å². The summed E-state index contributed by atoms with van der Waals surface area (Å²) in [6.07, 6.45) is 4.26. The Morgan fingerprint density at radius 3 is 2.57 bits per heavy atom. The topological polar surface area (TPSA) is 112 Å². The Morgan fingerprint density at radius 2 is 1.87 bits per heavy atom. The number of non-ortho nitro benzene ring substituents is 1. The van der Waals surface area contributed by atoms with Crippen LogP contribution >= 0.6 is 0 Å². The van der Waals surface area contributed by atoms with Gasteiger partial charge in [-0.25, -0.2) is 4.79 Å². The van der Waals surface area contributed by atoms with E-state index in [9.17, 15) is 19.7 Å². The van der Waals surface area contributed by atoms with Gasteiger partial charge in [-0.2, -0.15) is 0 Å². The van der Waals surface area contributed by atoms with Crippen LogP contribution in [0.25, 0.3) is 22.1 Å². The van der Waals surface area contributed by atoms with Gasteiger partial charge in [0.2, 0.25) is 0 Å². The third kappa shape index (κ3) is 4.32. The van der Waals surface area contributed by atoms with Crippen molar-refractivity contribution in [1.82, 2.24) is 5.32 Å². The molecule has 0 saturated heterocycles. The minimum atomic E-state index is -0.549. The summed E-state index contributed by atoms with van der Waals surface area (Å²) in [5.74, 6) is 0.233. The van der Waals surface area contributed by atoms with Gasteiger partial charge in [-0.05, 0) is 48.2 Å². The Bertz CT molecular complexity index is 1150. The van der Waals surface area contributed by atoms with Gasteiger partial charge in [-0.3, -0.25) is 14.9 Å². The molecule has 1 heterocycles. The second-order valence-electron chi connectivity index (χ2n) is 7.28. The molecule has 1 amide bonds. The molecule has 1 saturated carbocycles. The highest BCUT2D eigenvalue weighted by molar-refractivity contribution is 5.94. The molecule has 4 rings (SSSR count). The molecule has 8 nitrogen and oxygen atoms in total. The minimum absolute atomic E-state index is 0.0300. The average Bonchev–Trinajstić information content (AvgIpc) is 3.24. The lowest BCUT2D eigenvalue weighted by atomic mass is 10.0. The standard InChI is InChI=1S/C22H20N2O6/c25-21(23-15-3-1-2-4-15)13-29-17-9-10-18-19(12-22(26)30-20(18)11-17)14-5-7-16(8-6-14)24(27)28/h5-12,15H,1-4,13H2,(H,23,25). The van der Waals surface area contributed by atoms with E-state index in [1.54, 1.807) is 30.3 Å². The second kappa shape index (κ2) is 8.36. The maximum absolute atomic E-state index is 12.0. The average molecular weight is 408 g/mol. The molecule has 8 heteroatoms. The molecule has 154 valence electrons. The van der Waals surface area contributed by atoms with E-state index >= 15 is 0 Å². The Hall–Kier alpha value is -3.68. The second-order valence-corrected chi connectivity index (χ2v) is 7.28. The molecule has 0 atom stereocenters. The third-order valence-electron chi connectivity index (χ3n) is 5.20. The fourth-order valence-electron chi connectivity index (χ4n) is 3.72. The normalized spacial score (nSPS) is 14.0. The summed E-state index contributed by atoms with van der Waals surface area (Å²) in [4.78, 5) is 34.5. The molecule has 0 unspecified atom stereocenters. The van der Waals surface area contributed by atoms with E-state index in [2.05, 4.69) is 5.32 Å². The number of fused-ring (bicyclic) bond motifs is 1. The SMILES string of the molecule is O=C(COc1ccc2c(-c3ccc([N+](=O)[O-])cc3)cc(=O)oc2c1)NC1CCCC1. The van der Waals surface area contributed by atoms with Gasteiger partial charge in [0.25, 0.3) is 11.6 Å². The predicted octanol–water partition coefficient (Wildman–Crippen LogP) is 3.81. The van der Waals surface area contributed by atoms with E-state index in [1.165, 1.54) is 18.2 Å². The van der Waals surface area contributed by atoms with Crippen LogP contribution in [0.4, 0.5) is 5.69 Å². The largest absolute Gasteiger partial charge is 0.484 e. The zero-order chi connectivity index (χ0) is 21.1. The van der Waals surface area contributed by atoms with Crippen molar-refractivity contribution < 1.29 is 18.9 Å². The van der Waals surface area contributed by atoms with E-state index in [0.717, 1.165) is 25.7 Å². The summed E-state index contributed by atoms with van der Waals surface area (Å²) < 4.78 is 10.9. The number of carbonyl (C=O) groups is 1. The first-order chi connectivity index (χ1) is 14.5. The fraction of sp³-hybridized carbons (Fsp3) is 0.273. The number of hydrogen-bond acceptors (Lipinski definition) is 6. The Balaban J connectivity index is 1.55. The van der Waals surface area contributed by atoms with Gasteiger partial charge in [-0.1, -0.05) is 12.8 Å². The van der Waals surface area contributed by atoms with E-state index in [0.29, 0.717) is 27.8 Å². The molecule has 0 radical (unpaired) electrons. The minimum Gasteiger partial charge on any atom is -0.484 e. The predicted molar refractivity (Wildman–Crippen MR) is 110 cm³/mol. The van der Waals surface area contributed by atoms with Crippen LogP contribution in [0.1, 0.15) is 25.7 Å². The van der Waals surface area contributed by atoms with Crippen LogP contribution in [0.5, 0.6) is 5.75 Å². The first kappa shape index (κ1) is 19.6. The van der Waals surface area contributed by atoms with Crippen molar-refractivity contribution in [2.75, 3.05) is 6.61 Å². The molecule has 1 fully saturated rings. The van der Waals surface area contributed by atoms with Gasteiger partial charge in [0.15, 0.2) is 6.61 Å². The molecule has 30 heavy (non-hydrogen) atoms. The summed E-state index contributed by atoms with van der Waals surface area (Å²) in [6, 6.07) is 12.5. The van der Waals surface area contributed by atoms with Crippen LogP contribution in [0.15, 0.2) is 57.7 Å². The molecule has 0 bridgehead atoms. The number of nitro groups is 1. The zero-order valence-corrected chi connectivity index (χ0v) is 16.1. The van der Waals surface area contributed by atoms with Crippen molar-refractivity contribution in [3.05, 3.63) is 69.1 Å². The van der Waals surface area contributed by atoms with Crippen molar-refractivity contribution >= 4 is 22.6 Å². The lowest BCUT2D eigenvalue weighted by molar-refractivity contribution is -0.384.